The lowest BCUT2D eigenvalue weighted by atomic mass is 10.2. The third kappa shape index (κ3) is 3.55. The van der Waals surface area contributed by atoms with E-state index < -0.39 is 0 Å². The first kappa shape index (κ1) is 14.9. The average molecular weight is 311 g/mol. The lowest BCUT2D eigenvalue weighted by Gasteiger charge is -2.11. The van der Waals surface area contributed by atoms with Crippen molar-refractivity contribution < 1.29 is 9.53 Å². The number of ether oxygens (including phenoxy) is 1. The lowest BCUT2D eigenvalue weighted by molar-refractivity contribution is -0.139. The molecule has 0 radical (unpaired) electrons. The van der Waals surface area contributed by atoms with Crippen LogP contribution in [0.5, 0.6) is 0 Å². The summed E-state index contributed by atoms with van der Waals surface area (Å²) in [6, 6.07) is 0.151. The van der Waals surface area contributed by atoms with Gasteiger partial charge in [-0.05, 0) is 20.8 Å². The molecular formula is C13H17N3O2S2. The van der Waals surface area contributed by atoms with Crippen molar-refractivity contribution in [2.45, 2.75) is 33.2 Å². The molecule has 0 aliphatic heterocycles. The first-order valence-electron chi connectivity index (χ1n) is 6.21. The Labute approximate surface area is 126 Å². The second-order valence-electron chi connectivity index (χ2n) is 4.45. The first-order chi connectivity index (χ1) is 9.49. The van der Waals surface area contributed by atoms with E-state index >= 15 is 0 Å². The molecule has 1 atom stereocenters. The van der Waals surface area contributed by atoms with Gasteiger partial charge in [0.05, 0.1) is 36.0 Å². The van der Waals surface area contributed by atoms with Gasteiger partial charge in [-0.2, -0.15) is 0 Å². The molecule has 0 aromatic carbocycles. The van der Waals surface area contributed by atoms with Gasteiger partial charge in [-0.15, -0.1) is 22.7 Å². The molecule has 2 rings (SSSR count). The standard InChI is InChI=1S/C13H17N3O2S2/c1-7-12(20-9(3)14-7)8(2)15-13-16-10(6-19-13)5-11(17)18-4/h6,8H,5H2,1-4H3,(H,15,16). The summed E-state index contributed by atoms with van der Waals surface area (Å²) in [6.45, 7) is 6.11. The van der Waals surface area contributed by atoms with Crippen LogP contribution in [0.3, 0.4) is 0 Å². The van der Waals surface area contributed by atoms with Gasteiger partial charge in [0.2, 0.25) is 0 Å². The van der Waals surface area contributed by atoms with Crippen LogP contribution in [0.25, 0.3) is 0 Å². The summed E-state index contributed by atoms with van der Waals surface area (Å²) in [4.78, 5) is 21.2. The Balaban J connectivity index is 2.03. The van der Waals surface area contributed by atoms with Gasteiger partial charge >= 0.3 is 5.97 Å². The molecule has 0 saturated heterocycles. The average Bonchev–Trinajstić information content (AvgIpc) is 2.95. The van der Waals surface area contributed by atoms with Crippen molar-refractivity contribution >= 4 is 33.8 Å². The summed E-state index contributed by atoms with van der Waals surface area (Å²) < 4.78 is 4.63. The van der Waals surface area contributed by atoms with Gasteiger partial charge in [-0.1, -0.05) is 0 Å². The number of aromatic nitrogens is 2. The van der Waals surface area contributed by atoms with E-state index in [0.29, 0.717) is 0 Å². The summed E-state index contributed by atoms with van der Waals surface area (Å²) in [7, 11) is 1.38. The molecule has 0 spiro atoms. The Morgan fingerprint density at radius 3 is 2.80 bits per heavy atom. The lowest BCUT2D eigenvalue weighted by Crippen LogP contribution is -2.07. The SMILES string of the molecule is COC(=O)Cc1csc(NC(C)c2sc(C)nc2C)n1. The fraction of sp³-hybridized carbons (Fsp3) is 0.462. The molecule has 0 bridgehead atoms. The van der Waals surface area contributed by atoms with E-state index in [2.05, 4.69) is 26.9 Å². The van der Waals surface area contributed by atoms with Crippen LogP contribution in [0.1, 0.15) is 34.2 Å². The summed E-state index contributed by atoms with van der Waals surface area (Å²) in [5.41, 5.74) is 1.78. The third-order valence-electron chi connectivity index (χ3n) is 2.78. The highest BCUT2D eigenvalue weighted by Crippen LogP contribution is 2.28. The van der Waals surface area contributed by atoms with Crippen LogP contribution in [0.4, 0.5) is 5.13 Å². The Hall–Kier alpha value is -1.47. The number of anilines is 1. The predicted molar refractivity (Wildman–Crippen MR) is 81.5 cm³/mol. The molecule has 0 aliphatic rings. The zero-order valence-electron chi connectivity index (χ0n) is 11.9. The van der Waals surface area contributed by atoms with Crippen LogP contribution >= 0.6 is 22.7 Å². The molecule has 7 heteroatoms. The minimum atomic E-state index is -0.274. The number of methoxy groups -OCH3 is 1. The molecule has 108 valence electrons. The van der Waals surface area contributed by atoms with E-state index in [4.69, 9.17) is 0 Å². The summed E-state index contributed by atoms with van der Waals surface area (Å²) >= 11 is 3.18. The number of esters is 1. The van der Waals surface area contributed by atoms with Crippen LogP contribution < -0.4 is 5.32 Å². The molecule has 2 heterocycles. The molecule has 0 saturated carbocycles. The highest BCUT2D eigenvalue weighted by atomic mass is 32.1. The smallest absolute Gasteiger partial charge is 0.311 e. The highest BCUT2D eigenvalue weighted by Gasteiger charge is 2.15. The normalized spacial score (nSPS) is 12.2. The van der Waals surface area contributed by atoms with E-state index in [1.807, 2.05) is 19.2 Å². The fourth-order valence-corrected chi connectivity index (χ4v) is 3.60. The van der Waals surface area contributed by atoms with Crippen LogP contribution in [0.2, 0.25) is 0 Å². The molecule has 2 aromatic rings. The number of hydrogen-bond donors (Lipinski definition) is 1. The number of aryl methyl sites for hydroxylation is 2. The fourth-order valence-electron chi connectivity index (χ4n) is 1.87. The second kappa shape index (κ2) is 6.32. The molecule has 0 fully saturated rings. The van der Waals surface area contributed by atoms with Crippen molar-refractivity contribution in [3.8, 4) is 0 Å². The van der Waals surface area contributed by atoms with Crippen molar-refractivity contribution in [3.63, 3.8) is 0 Å². The molecule has 1 N–H and O–H groups in total. The minimum Gasteiger partial charge on any atom is -0.469 e. The number of nitrogens with zero attached hydrogens (tertiary/aromatic N) is 2. The van der Waals surface area contributed by atoms with Crippen molar-refractivity contribution in [2.24, 2.45) is 0 Å². The van der Waals surface area contributed by atoms with Gasteiger partial charge in [-0.25, -0.2) is 9.97 Å². The molecule has 0 aliphatic carbocycles. The Morgan fingerprint density at radius 2 is 2.20 bits per heavy atom. The van der Waals surface area contributed by atoms with Crippen LogP contribution in [0.15, 0.2) is 5.38 Å². The third-order valence-corrected chi connectivity index (χ3v) is 4.86. The summed E-state index contributed by atoms with van der Waals surface area (Å²) in [6.07, 6.45) is 0.210. The van der Waals surface area contributed by atoms with Gasteiger partial charge < -0.3 is 10.1 Å². The van der Waals surface area contributed by atoms with Gasteiger partial charge in [-0.3, -0.25) is 4.79 Å². The molecular weight excluding hydrogens is 294 g/mol. The molecule has 20 heavy (non-hydrogen) atoms. The Kier molecular flexibility index (Phi) is 4.72. The molecule has 5 nitrogen and oxygen atoms in total. The first-order valence-corrected chi connectivity index (χ1v) is 7.91. The number of hydrogen-bond acceptors (Lipinski definition) is 7. The van der Waals surface area contributed by atoms with Crippen molar-refractivity contribution in [3.05, 3.63) is 26.7 Å². The largest absolute Gasteiger partial charge is 0.469 e. The quantitative estimate of drug-likeness (QED) is 0.860. The zero-order valence-corrected chi connectivity index (χ0v) is 13.5. The maximum absolute atomic E-state index is 11.2. The van der Waals surface area contributed by atoms with E-state index in [9.17, 15) is 4.79 Å². The van der Waals surface area contributed by atoms with E-state index in [1.165, 1.54) is 23.3 Å². The van der Waals surface area contributed by atoms with Gasteiger partial charge in [0.15, 0.2) is 5.13 Å². The molecule has 1 unspecified atom stereocenters. The number of carbonyl (C=O) groups excluding carboxylic acids is 1. The maximum Gasteiger partial charge on any atom is 0.311 e. The summed E-state index contributed by atoms with van der Waals surface area (Å²) in [5, 5.41) is 7.10. The molecule has 2 aromatic heterocycles. The zero-order chi connectivity index (χ0) is 14.7. The van der Waals surface area contributed by atoms with E-state index in [0.717, 1.165) is 21.5 Å². The Bertz CT molecular complexity index is 607. The van der Waals surface area contributed by atoms with Crippen LogP contribution in [-0.2, 0) is 16.0 Å². The number of nitrogens with one attached hydrogen (secondary N) is 1. The second-order valence-corrected chi connectivity index (χ2v) is 6.54. The van der Waals surface area contributed by atoms with Crippen molar-refractivity contribution in [1.82, 2.24) is 9.97 Å². The van der Waals surface area contributed by atoms with E-state index in [-0.39, 0.29) is 18.4 Å². The van der Waals surface area contributed by atoms with Gasteiger partial charge in [0.25, 0.3) is 0 Å². The van der Waals surface area contributed by atoms with Crippen LogP contribution in [0, 0.1) is 13.8 Å². The monoisotopic (exact) mass is 311 g/mol. The molecule has 0 amide bonds. The van der Waals surface area contributed by atoms with Crippen molar-refractivity contribution in [1.29, 1.82) is 0 Å². The van der Waals surface area contributed by atoms with E-state index in [1.54, 1.807) is 11.3 Å². The number of thiazole rings is 2. The van der Waals surface area contributed by atoms with Crippen LogP contribution in [-0.4, -0.2) is 23.0 Å². The topological polar surface area (TPSA) is 64.1 Å². The minimum absolute atomic E-state index is 0.151. The van der Waals surface area contributed by atoms with Crippen molar-refractivity contribution in [2.75, 3.05) is 12.4 Å². The number of carbonyl (C=O) groups is 1. The van der Waals surface area contributed by atoms with Gasteiger partial charge in [0.1, 0.15) is 0 Å². The predicted octanol–water partition coefficient (Wildman–Crippen LogP) is 3.11. The number of rotatable bonds is 5. The summed E-state index contributed by atoms with van der Waals surface area (Å²) in [5.74, 6) is -0.274. The Morgan fingerprint density at radius 1 is 1.45 bits per heavy atom. The van der Waals surface area contributed by atoms with Gasteiger partial charge in [0, 0.05) is 10.3 Å². The maximum atomic E-state index is 11.2. The highest BCUT2D eigenvalue weighted by molar-refractivity contribution is 7.14.